The van der Waals surface area contributed by atoms with Gasteiger partial charge in [0.05, 0.1) is 26.9 Å². The Morgan fingerprint density at radius 3 is 2.00 bits per heavy atom. The van der Waals surface area contributed by atoms with Crippen LogP contribution in [-0.4, -0.2) is 10.5 Å². The van der Waals surface area contributed by atoms with Gasteiger partial charge in [-0.1, -0.05) is 23.2 Å². The highest BCUT2D eigenvalue weighted by Gasteiger charge is 2.21. The zero-order chi connectivity index (χ0) is 11.7. The third kappa shape index (κ3) is 2.37. The molecule has 0 atom stereocenters. The number of nitrogens with two attached hydrogens (primary N) is 1. The first-order chi connectivity index (χ1) is 6.86. The summed E-state index contributed by atoms with van der Waals surface area (Å²) in [7, 11) is 0. The SMILES string of the molecule is Nc1cc(C(=O)Cl)c(Cl)c(C(=O)Cl)c1Cl. The maximum absolute atomic E-state index is 11.0. The minimum atomic E-state index is -0.906. The van der Waals surface area contributed by atoms with Crippen LogP contribution in [0.1, 0.15) is 20.7 Å². The van der Waals surface area contributed by atoms with Crippen LogP contribution < -0.4 is 5.73 Å². The maximum Gasteiger partial charge on any atom is 0.255 e. The fraction of sp³-hybridized carbons (Fsp3) is 0. The molecule has 0 fully saturated rings. The van der Waals surface area contributed by atoms with Crippen molar-refractivity contribution in [2.24, 2.45) is 0 Å². The highest BCUT2D eigenvalue weighted by atomic mass is 35.5. The normalized spacial score (nSPS) is 10.1. The summed E-state index contributed by atoms with van der Waals surface area (Å²) in [6.45, 7) is 0. The van der Waals surface area contributed by atoms with Gasteiger partial charge in [0.1, 0.15) is 0 Å². The second kappa shape index (κ2) is 4.58. The lowest BCUT2D eigenvalue weighted by Crippen LogP contribution is -2.02. The molecule has 0 saturated carbocycles. The molecule has 80 valence electrons. The summed E-state index contributed by atoms with van der Waals surface area (Å²) in [4.78, 5) is 21.9. The van der Waals surface area contributed by atoms with Crippen molar-refractivity contribution >= 4 is 62.6 Å². The van der Waals surface area contributed by atoms with Gasteiger partial charge in [-0.15, -0.1) is 0 Å². The van der Waals surface area contributed by atoms with E-state index in [1.54, 1.807) is 0 Å². The Morgan fingerprint density at radius 1 is 1.07 bits per heavy atom. The zero-order valence-corrected chi connectivity index (χ0v) is 10.0. The molecule has 0 aliphatic heterocycles. The molecule has 2 N–H and O–H groups in total. The van der Waals surface area contributed by atoms with Gasteiger partial charge in [0.25, 0.3) is 10.5 Å². The van der Waals surface area contributed by atoms with Gasteiger partial charge in [0.2, 0.25) is 0 Å². The Hall–Kier alpha value is -0.480. The van der Waals surface area contributed by atoms with E-state index in [1.807, 2.05) is 0 Å². The van der Waals surface area contributed by atoms with Crippen LogP contribution >= 0.6 is 46.4 Å². The summed E-state index contributed by atoms with van der Waals surface area (Å²) in [6.07, 6.45) is 0. The molecule has 0 saturated heterocycles. The Balaban J connectivity index is 3.63. The minimum absolute atomic E-state index is 0.00840. The molecule has 0 unspecified atom stereocenters. The standard InChI is InChI=1S/C8H3Cl4NO2/c9-5-2(7(11)14)1-3(13)6(10)4(5)8(12)15/h1H,13H2. The molecular formula is C8H3Cl4NO2. The van der Waals surface area contributed by atoms with E-state index in [1.165, 1.54) is 6.07 Å². The summed E-state index contributed by atoms with van der Waals surface area (Å²) in [6, 6.07) is 1.18. The lowest BCUT2D eigenvalue weighted by molar-refractivity contribution is 0.108. The summed E-state index contributed by atoms with van der Waals surface area (Å²) in [5.41, 5.74) is 5.14. The van der Waals surface area contributed by atoms with E-state index in [0.29, 0.717) is 0 Å². The van der Waals surface area contributed by atoms with Gasteiger partial charge in [-0.25, -0.2) is 0 Å². The van der Waals surface area contributed by atoms with Gasteiger partial charge in [0.15, 0.2) is 0 Å². The van der Waals surface area contributed by atoms with Crippen LogP contribution in [0.5, 0.6) is 0 Å². The van der Waals surface area contributed by atoms with Gasteiger partial charge in [-0.2, -0.15) is 0 Å². The van der Waals surface area contributed by atoms with Gasteiger partial charge < -0.3 is 5.73 Å². The van der Waals surface area contributed by atoms with Crippen molar-refractivity contribution in [1.29, 1.82) is 0 Å². The van der Waals surface area contributed by atoms with Crippen molar-refractivity contribution in [2.45, 2.75) is 0 Å². The van der Waals surface area contributed by atoms with E-state index < -0.39 is 10.5 Å². The Kier molecular flexibility index (Phi) is 3.84. The summed E-state index contributed by atoms with van der Waals surface area (Å²) in [5.74, 6) is 0. The second-order valence-electron chi connectivity index (χ2n) is 2.56. The largest absolute Gasteiger partial charge is 0.397 e. The Morgan fingerprint density at radius 2 is 1.60 bits per heavy atom. The second-order valence-corrected chi connectivity index (χ2v) is 4.01. The van der Waals surface area contributed by atoms with E-state index >= 15 is 0 Å². The monoisotopic (exact) mass is 285 g/mol. The predicted octanol–water partition coefficient (Wildman–Crippen LogP) is 3.33. The fourth-order valence-electron chi connectivity index (χ4n) is 0.973. The summed E-state index contributed by atoms with van der Waals surface area (Å²) < 4.78 is 0. The van der Waals surface area contributed by atoms with Crippen LogP contribution in [0.2, 0.25) is 10.0 Å². The average Bonchev–Trinajstić information content (AvgIpc) is 2.10. The summed E-state index contributed by atoms with van der Waals surface area (Å²) in [5, 5.41) is -2.05. The number of hydrogen-bond donors (Lipinski definition) is 1. The van der Waals surface area contributed by atoms with Crippen molar-refractivity contribution in [3.8, 4) is 0 Å². The number of carbonyl (C=O) groups excluding carboxylic acids is 2. The van der Waals surface area contributed by atoms with Crippen molar-refractivity contribution in [1.82, 2.24) is 0 Å². The first-order valence-corrected chi connectivity index (χ1v) is 5.04. The number of hydrogen-bond acceptors (Lipinski definition) is 3. The quantitative estimate of drug-likeness (QED) is 0.670. The molecule has 0 aliphatic rings. The Bertz CT molecular complexity index is 458. The molecule has 0 aromatic heterocycles. The van der Waals surface area contributed by atoms with Crippen molar-refractivity contribution in [2.75, 3.05) is 5.73 Å². The molecule has 1 aromatic carbocycles. The molecule has 3 nitrogen and oxygen atoms in total. The van der Waals surface area contributed by atoms with E-state index in [2.05, 4.69) is 0 Å². The smallest absolute Gasteiger partial charge is 0.255 e. The molecule has 0 heterocycles. The van der Waals surface area contributed by atoms with Crippen LogP contribution in [0.3, 0.4) is 0 Å². The highest BCUT2D eigenvalue weighted by Crippen LogP contribution is 2.34. The molecule has 0 bridgehead atoms. The topological polar surface area (TPSA) is 60.2 Å². The van der Waals surface area contributed by atoms with E-state index in [-0.39, 0.29) is 26.9 Å². The highest BCUT2D eigenvalue weighted by molar-refractivity contribution is 6.72. The maximum atomic E-state index is 11.0. The lowest BCUT2D eigenvalue weighted by atomic mass is 10.1. The van der Waals surface area contributed by atoms with Crippen molar-refractivity contribution in [3.63, 3.8) is 0 Å². The van der Waals surface area contributed by atoms with Crippen molar-refractivity contribution < 1.29 is 9.59 Å². The number of rotatable bonds is 2. The predicted molar refractivity (Wildman–Crippen MR) is 61.2 cm³/mol. The van der Waals surface area contributed by atoms with E-state index in [0.717, 1.165) is 0 Å². The van der Waals surface area contributed by atoms with Crippen LogP contribution in [0.25, 0.3) is 0 Å². The number of carbonyl (C=O) groups is 2. The molecule has 0 spiro atoms. The van der Waals surface area contributed by atoms with E-state index in [9.17, 15) is 9.59 Å². The molecule has 15 heavy (non-hydrogen) atoms. The van der Waals surface area contributed by atoms with Crippen LogP contribution in [0, 0.1) is 0 Å². The number of benzene rings is 1. The molecular weight excluding hydrogens is 284 g/mol. The summed E-state index contributed by atoms with van der Waals surface area (Å²) >= 11 is 21.9. The number of anilines is 1. The molecule has 0 aliphatic carbocycles. The van der Waals surface area contributed by atoms with Crippen molar-refractivity contribution in [3.05, 3.63) is 27.2 Å². The van der Waals surface area contributed by atoms with Gasteiger partial charge in [0, 0.05) is 0 Å². The van der Waals surface area contributed by atoms with Crippen LogP contribution in [-0.2, 0) is 0 Å². The molecule has 1 aromatic rings. The lowest BCUT2D eigenvalue weighted by Gasteiger charge is -2.08. The average molecular weight is 287 g/mol. The fourth-order valence-corrected chi connectivity index (χ4v) is 2.06. The minimum Gasteiger partial charge on any atom is -0.397 e. The third-order valence-electron chi connectivity index (χ3n) is 1.64. The van der Waals surface area contributed by atoms with Crippen LogP contribution in [0.15, 0.2) is 6.07 Å². The molecule has 0 amide bonds. The van der Waals surface area contributed by atoms with E-state index in [4.69, 9.17) is 52.1 Å². The molecule has 0 radical (unpaired) electrons. The number of halogens is 4. The van der Waals surface area contributed by atoms with Gasteiger partial charge in [-0.3, -0.25) is 9.59 Å². The number of nitrogen functional groups attached to an aromatic ring is 1. The third-order valence-corrected chi connectivity index (χ3v) is 2.83. The first-order valence-electron chi connectivity index (χ1n) is 3.53. The first kappa shape index (κ1) is 12.6. The van der Waals surface area contributed by atoms with Gasteiger partial charge >= 0.3 is 0 Å². The zero-order valence-electron chi connectivity index (χ0n) is 6.98. The molecule has 7 heteroatoms. The molecule has 1 rings (SSSR count). The Labute approximate surface area is 105 Å². The van der Waals surface area contributed by atoms with Crippen LogP contribution in [0.4, 0.5) is 5.69 Å². The van der Waals surface area contributed by atoms with Gasteiger partial charge in [-0.05, 0) is 29.3 Å².